The zero-order valence-corrected chi connectivity index (χ0v) is 18.3. The SMILES string of the molecule is COC(=O)[C@@H]1Cc2cc(OC)c(OC)cc2[C@@H](c2ccc(OC)c(OC)c2)[C@H]1C(N)=O. The summed E-state index contributed by atoms with van der Waals surface area (Å²) in [6, 6.07) is 9.05. The Morgan fingerprint density at radius 1 is 0.839 bits per heavy atom. The number of hydrogen-bond acceptors (Lipinski definition) is 7. The predicted molar refractivity (Wildman–Crippen MR) is 113 cm³/mol. The number of amides is 1. The van der Waals surface area contributed by atoms with Gasteiger partial charge in [-0.15, -0.1) is 0 Å². The van der Waals surface area contributed by atoms with E-state index in [1.54, 1.807) is 33.5 Å². The first kappa shape index (κ1) is 22.3. The standard InChI is InChI=1S/C23H27NO7/c1-27-16-7-6-12(9-17(16)28-2)20-14-11-19(30-4)18(29-3)10-13(14)8-15(23(26)31-5)21(20)22(24)25/h6-7,9-11,15,20-21H,8H2,1-5H3,(H2,24,25)/t15-,20-,21+/m1/s1. The molecule has 1 aliphatic carbocycles. The molecule has 3 atom stereocenters. The van der Waals surface area contributed by atoms with Crippen molar-refractivity contribution in [2.75, 3.05) is 35.5 Å². The third-order valence-electron chi connectivity index (χ3n) is 5.81. The number of nitrogens with two attached hydrogens (primary N) is 1. The van der Waals surface area contributed by atoms with Gasteiger partial charge in [-0.1, -0.05) is 6.07 Å². The first-order valence-electron chi connectivity index (χ1n) is 9.73. The largest absolute Gasteiger partial charge is 0.493 e. The van der Waals surface area contributed by atoms with E-state index in [0.717, 1.165) is 16.7 Å². The molecule has 1 aliphatic rings. The molecule has 0 fully saturated rings. The topological polar surface area (TPSA) is 106 Å². The third-order valence-corrected chi connectivity index (χ3v) is 5.81. The molecule has 0 heterocycles. The molecule has 0 saturated heterocycles. The molecule has 0 saturated carbocycles. The van der Waals surface area contributed by atoms with E-state index in [9.17, 15) is 9.59 Å². The van der Waals surface area contributed by atoms with Gasteiger partial charge in [-0.25, -0.2) is 0 Å². The number of primary amides is 1. The van der Waals surface area contributed by atoms with Gasteiger partial charge in [0.05, 0.1) is 47.4 Å². The van der Waals surface area contributed by atoms with Gasteiger partial charge in [-0.05, 0) is 47.4 Å². The first-order valence-corrected chi connectivity index (χ1v) is 9.73. The molecule has 8 nitrogen and oxygen atoms in total. The van der Waals surface area contributed by atoms with Crippen molar-refractivity contribution in [1.82, 2.24) is 0 Å². The average Bonchev–Trinajstić information content (AvgIpc) is 2.80. The molecule has 0 aliphatic heterocycles. The molecule has 2 aromatic rings. The Morgan fingerprint density at radius 3 is 1.97 bits per heavy atom. The smallest absolute Gasteiger partial charge is 0.309 e. The molecule has 0 aromatic heterocycles. The lowest BCUT2D eigenvalue weighted by Gasteiger charge is -2.37. The van der Waals surface area contributed by atoms with Crippen LogP contribution in [-0.4, -0.2) is 47.4 Å². The molecular formula is C23H27NO7. The van der Waals surface area contributed by atoms with Gasteiger partial charge in [-0.2, -0.15) is 0 Å². The maximum atomic E-state index is 12.6. The summed E-state index contributed by atoms with van der Waals surface area (Å²) in [5, 5.41) is 0. The first-order chi connectivity index (χ1) is 14.9. The molecule has 166 valence electrons. The minimum Gasteiger partial charge on any atom is -0.493 e. The van der Waals surface area contributed by atoms with E-state index in [0.29, 0.717) is 29.4 Å². The van der Waals surface area contributed by atoms with Crippen molar-refractivity contribution in [3.63, 3.8) is 0 Å². The van der Waals surface area contributed by atoms with Crippen LogP contribution in [0.15, 0.2) is 30.3 Å². The minimum absolute atomic E-state index is 0.291. The fourth-order valence-electron chi connectivity index (χ4n) is 4.37. The Hall–Kier alpha value is -3.42. The highest BCUT2D eigenvalue weighted by molar-refractivity contribution is 5.87. The van der Waals surface area contributed by atoms with Gasteiger partial charge in [-0.3, -0.25) is 9.59 Å². The fourth-order valence-corrected chi connectivity index (χ4v) is 4.37. The highest BCUT2D eigenvalue weighted by atomic mass is 16.5. The van der Waals surface area contributed by atoms with E-state index >= 15 is 0 Å². The number of fused-ring (bicyclic) bond motifs is 1. The lowest BCUT2D eigenvalue weighted by Crippen LogP contribution is -2.43. The zero-order chi connectivity index (χ0) is 22.7. The molecule has 0 bridgehead atoms. The number of rotatable bonds is 7. The molecule has 1 amide bonds. The Bertz CT molecular complexity index is 988. The van der Waals surface area contributed by atoms with Crippen molar-refractivity contribution in [3.05, 3.63) is 47.0 Å². The van der Waals surface area contributed by atoms with Gasteiger partial charge in [0.1, 0.15) is 0 Å². The van der Waals surface area contributed by atoms with Gasteiger partial charge in [0.15, 0.2) is 23.0 Å². The van der Waals surface area contributed by atoms with Crippen molar-refractivity contribution >= 4 is 11.9 Å². The van der Waals surface area contributed by atoms with E-state index in [-0.39, 0.29) is 0 Å². The van der Waals surface area contributed by atoms with E-state index in [1.807, 2.05) is 18.2 Å². The number of benzene rings is 2. The Morgan fingerprint density at radius 2 is 1.42 bits per heavy atom. The second-order valence-corrected chi connectivity index (χ2v) is 7.26. The summed E-state index contributed by atoms with van der Waals surface area (Å²) in [5.74, 6) is -1.06. The maximum Gasteiger partial charge on any atom is 0.309 e. The summed E-state index contributed by atoms with van der Waals surface area (Å²) < 4.78 is 26.7. The molecule has 0 spiro atoms. The van der Waals surface area contributed by atoms with Gasteiger partial charge >= 0.3 is 5.97 Å². The molecular weight excluding hydrogens is 402 g/mol. The Kier molecular flexibility index (Phi) is 6.58. The molecule has 2 N–H and O–H groups in total. The summed E-state index contributed by atoms with van der Waals surface area (Å²) in [6.07, 6.45) is 0.291. The van der Waals surface area contributed by atoms with Crippen LogP contribution >= 0.6 is 0 Å². The van der Waals surface area contributed by atoms with Crippen molar-refractivity contribution in [1.29, 1.82) is 0 Å². The van der Waals surface area contributed by atoms with E-state index in [2.05, 4.69) is 0 Å². The molecule has 2 aromatic carbocycles. The number of carbonyl (C=O) groups excluding carboxylic acids is 2. The monoisotopic (exact) mass is 429 g/mol. The molecule has 8 heteroatoms. The van der Waals surface area contributed by atoms with Crippen molar-refractivity contribution < 1.29 is 33.3 Å². The third kappa shape index (κ3) is 3.97. The second-order valence-electron chi connectivity index (χ2n) is 7.26. The Balaban J connectivity index is 2.29. The van der Waals surface area contributed by atoms with Crippen molar-refractivity contribution in [2.45, 2.75) is 12.3 Å². The molecule has 0 radical (unpaired) electrons. The summed E-state index contributed by atoms with van der Waals surface area (Å²) >= 11 is 0. The average molecular weight is 429 g/mol. The maximum absolute atomic E-state index is 12.6. The molecule has 0 unspecified atom stereocenters. The summed E-state index contributed by atoms with van der Waals surface area (Å²) in [7, 11) is 7.47. The summed E-state index contributed by atoms with van der Waals surface area (Å²) in [6.45, 7) is 0. The highest BCUT2D eigenvalue weighted by Crippen LogP contribution is 2.48. The Labute approximate surface area is 181 Å². The predicted octanol–water partition coefficient (Wildman–Crippen LogP) is 2.30. The van der Waals surface area contributed by atoms with E-state index in [4.69, 9.17) is 29.4 Å². The quantitative estimate of drug-likeness (QED) is 0.673. The minimum atomic E-state index is -0.823. The highest BCUT2D eigenvalue weighted by Gasteiger charge is 2.45. The van der Waals surface area contributed by atoms with E-state index < -0.39 is 29.6 Å². The van der Waals surface area contributed by atoms with Crippen LogP contribution < -0.4 is 24.7 Å². The van der Waals surface area contributed by atoms with Gasteiger partial charge in [0.25, 0.3) is 0 Å². The van der Waals surface area contributed by atoms with Crippen LogP contribution in [0, 0.1) is 11.8 Å². The number of ether oxygens (including phenoxy) is 5. The van der Waals surface area contributed by atoms with Crippen molar-refractivity contribution in [3.8, 4) is 23.0 Å². The second kappa shape index (κ2) is 9.16. The van der Waals surface area contributed by atoms with Crippen LogP contribution in [-0.2, 0) is 20.7 Å². The van der Waals surface area contributed by atoms with Crippen LogP contribution in [0.5, 0.6) is 23.0 Å². The van der Waals surface area contributed by atoms with Crippen molar-refractivity contribution in [2.24, 2.45) is 17.6 Å². The van der Waals surface area contributed by atoms with Crippen LogP contribution in [0.3, 0.4) is 0 Å². The molecule has 31 heavy (non-hydrogen) atoms. The number of hydrogen-bond donors (Lipinski definition) is 1. The van der Waals surface area contributed by atoms with Crippen LogP contribution in [0.25, 0.3) is 0 Å². The van der Waals surface area contributed by atoms with Crippen LogP contribution in [0.4, 0.5) is 0 Å². The van der Waals surface area contributed by atoms with Crippen LogP contribution in [0.1, 0.15) is 22.6 Å². The van der Waals surface area contributed by atoms with Gasteiger partial charge in [0.2, 0.25) is 5.91 Å². The normalized spacial score (nSPS) is 19.7. The summed E-state index contributed by atoms with van der Waals surface area (Å²) in [5.41, 5.74) is 8.26. The number of carbonyl (C=O) groups is 2. The van der Waals surface area contributed by atoms with E-state index in [1.165, 1.54) is 14.2 Å². The lowest BCUT2D eigenvalue weighted by molar-refractivity contribution is -0.150. The number of methoxy groups -OCH3 is 5. The van der Waals surface area contributed by atoms with Gasteiger partial charge < -0.3 is 29.4 Å². The summed E-state index contributed by atoms with van der Waals surface area (Å²) in [4.78, 5) is 25.3. The zero-order valence-electron chi connectivity index (χ0n) is 18.3. The molecule has 3 rings (SSSR count). The van der Waals surface area contributed by atoms with Gasteiger partial charge in [0, 0.05) is 5.92 Å². The fraction of sp³-hybridized carbons (Fsp3) is 0.391. The lowest BCUT2D eigenvalue weighted by atomic mass is 9.66. The van der Waals surface area contributed by atoms with Crippen LogP contribution in [0.2, 0.25) is 0 Å². The number of esters is 1.